The van der Waals surface area contributed by atoms with Gasteiger partial charge in [0.05, 0.1) is 11.4 Å². The molecule has 4 N–H and O–H groups in total. The molecule has 1 aromatic carbocycles. The molecule has 27 heavy (non-hydrogen) atoms. The van der Waals surface area contributed by atoms with Crippen LogP contribution in [0, 0.1) is 5.92 Å². The first kappa shape index (κ1) is 21.7. The summed E-state index contributed by atoms with van der Waals surface area (Å²) in [5, 5.41) is 11.8. The second-order valence-electron chi connectivity index (χ2n) is 7.19. The van der Waals surface area contributed by atoms with E-state index >= 15 is 0 Å². The topological polar surface area (TPSA) is 99.8 Å². The second-order valence-corrected chi connectivity index (χ2v) is 8.75. The van der Waals surface area contributed by atoms with Gasteiger partial charge in [-0.1, -0.05) is 19.1 Å². The lowest BCUT2D eigenvalue weighted by atomic mass is 9.99. The lowest BCUT2D eigenvalue weighted by Crippen LogP contribution is -2.39. The van der Waals surface area contributed by atoms with Gasteiger partial charge in [-0.2, -0.15) is 0 Å². The molecular weight excluding hydrogens is 362 g/mol. The summed E-state index contributed by atoms with van der Waals surface area (Å²) in [6.45, 7) is 9.89. The Hall–Kier alpha value is -1.64. The third-order valence-electron chi connectivity index (χ3n) is 4.81. The quantitative estimate of drug-likeness (QED) is 0.352. The summed E-state index contributed by atoms with van der Waals surface area (Å²) in [6, 6.07) is 6.59. The summed E-state index contributed by atoms with van der Waals surface area (Å²) in [6.07, 6.45) is 3.67. The Labute approximate surface area is 163 Å². The number of hydrogen-bond donors (Lipinski definition) is 3. The van der Waals surface area contributed by atoms with Gasteiger partial charge >= 0.3 is 0 Å². The molecule has 0 radical (unpaired) electrons. The van der Waals surface area contributed by atoms with E-state index in [9.17, 15) is 8.42 Å². The minimum Gasteiger partial charge on any atom is -0.357 e. The molecule has 1 aliphatic heterocycles. The molecule has 0 bridgehead atoms. The molecule has 1 aliphatic rings. The van der Waals surface area contributed by atoms with Crippen molar-refractivity contribution in [2.45, 2.75) is 44.6 Å². The third-order valence-corrected chi connectivity index (χ3v) is 5.72. The van der Waals surface area contributed by atoms with Gasteiger partial charge < -0.3 is 15.5 Å². The molecule has 0 aromatic heterocycles. The zero-order valence-corrected chi connectivity index (χ0v) is 17.3. The number of benzene rings is 1. The smallest absolute Gasteiger partial charge is 0.238 e. The summed E-state index contributed by atoms with van der Waals surface area (Å²) in [4.78, 5) is 7.19. The van der Waals surface area contributed by atoms with Crippen LogP contribution in [0.1, 0.15) is 38.7 Å². The van der Waals surface area contributed by atoms with Crippen molar-refractivity contribution < 1.29 is 8.42 Å². The van der Waals surface area contributed by atoms with Crippen molar-refractivity contribution in [2.24, 2.45) is 16.0 Å². The SMILES string of the molecule is CCNC(=NCc1cccc(S(N)(=O)=O)c1)NCCCN1CCC(C)CC1. The fraction of sp³-hybridized carbons (Fsp3) is 0.632. The summed E-state index contributed by atoms with van der Waals surface area (Å²) < 4.78 is 22.9. The predicted molar refractivity (Wildman–Crippen MR) is 110 cm³/mol. The van der Waals surface area contributed by atoms with Crippen LogP contribution in [0.15, 0.2) is 34.2 Å². The largest absolute Gasteiger partial charge is 0.357 e. The number of guanidine groups is 1. The van der Waals surface area contributed by atoms with Crippen molar-refractivity contribution in [3.63, 3.8) is 0 Å². The van der Waals surface area contributed by atoms with Crippen molar-refractivity contribution in [1.82, 2.24) is 15.5 Å². The molecule has 1 fully saturated rings. The fourth-order valence-electron chi connectivity index (χ4n) is 3.13. The fourth-order valence-corrected chi connectivity index (χ4v) is 3.71. The highest BCUT2D eigenvalue weighted by molar-refractivity contribution is 7.89. The van der Waals surface area contributed by atoms with Gasteiger partial charge in [-0.3, -0.25) is 0 Å². The van der Waals surface area contributed by atoms with Gasteiger partial charge in [0.25, 0.3) is 0 Å². The van der Waals surface area contributed by atoms with E-state index in [4.69, 9.17) is 5.14 Å². The van der Waals surface area contributed by atoms with E-state index < -0.39 is 10.0 Å². The Balaban J connectivity index is 1.81. The minimum atomic E-state index is -3.69. The molecule has 0 aliphatic carbocycles. The van der Waals surface area contributed by atoms with Gasteiger partial charge in [-0.25, -0.2) is 18.5 Å². The number of likely N-dealkylation sites (tertiary alicyclic amines) is 1. The first-order chi connectivity index (χ1) is 12.9. The molecule has 0 spiro atoms. The summed E-state index contributed by atoms with van der Waals surface area (Å²) in [5.74, 6) is 1.60. The average molecular weight is 396 g/mol. The first-order valence-electron chi connectivity index (χ1n) is 9.74. The lowest BCUT2D eigenvalue weighted by molar-refractivity contribution is 0.191. The van der Waals surface area contributed by atoms with Crippen molar-refractivity contribution in [2.75, 3.05) is 32.7 Å². The Morgan fingerprint density at radius 3 is 2.70 bits per heavy atom. The highest BCUT2D eigenvalue weighted by Crippen LogP contribution is 2.15. The monoisotopic (exact) mass is 395 g/mol. The average Bonchev–Trinajstić information content (AvgIpc) is 2.64. The molecule has 8 heteroatoms. The third kappa shape index (κ3) is 7.86. The number of piperidine rings is 1. The molecule has 1 aromatic rings. The highest BCUT2D eigenvalue weighted by atomic mass is 32.2. The number of primary sulfonamides is 1. The minimum absolute atomic E-state index is 0.115. The van der Waals surface area contributed by atoms with Crippen LogP contribution in [-0.2, 0) is 16.6 Å². The van der Waals surface area contributed by atoms with E-state index in [1.807, 2.05) is 13.0 Å². The number of nitrogens with one attached hydrogen (secondary N) is 2. The molecule has 0 unspecified atom stereocenters. The number of sulfonamides is 1. The molecule has 0 saturated carbocycles. The Kier molecular flexibility index (Phi) is 8.53. The van der Waals surface area contributed by atoms with E-state index in [2.05, 4.69) is 27.4 Å². The zero-order valence-electron chi connectivity index (χ0n) is 16.4. The van der Waals surface area contributed by atoms with Crippen molar-refractivity contribution in [3.8, 4) is 0 Å². The number of nitrogens with zero attached hydrogens (tertiary/aromatic N) is 2. The highest BCUT2D eigenvalue weighted by Gasteiger charge is 2.14. The number of rotatable bonds is 8. The number of aliphatic imine (C=N–C) groups is 1. The molecule has 7 nitrogen and oxygen atoms in total. The number of nitrogens with two attached hydrogens (primary N) is 1. The van der Waals surface area contributed by atoms with Crippen molar-refractivity contribution in [3.05, 3.63) is 29.8 Å². The van der Waals surface area contributed by atoms with E-state index in [-0.39, 0.29) is 4.90 Å². The van der Waals surface area contributed by atoms with Gasteiger partial charge in [0.15, 0.2) is 5.96 Å². The maximum atomic E-state index is 11.5. The van der Waals surface area contributed by atoms with Gasteiger partial charge in [0.2, 0.25) is 10.0 Å². The summed E-state index contributed by atoms with van der Waals surface area (Å²) >= 11 is 0. The van der Waals surface area contributed by atoms with E-state index in [1.165, 1.54) is 32.0 Å². The first-order valence-corrected chi connectivity index (χ1v) is 11.3. The van der Waals surface area contributed by atoms with Crippen LogP contribution in [0.25, 0.3) is 0 Å². The normalized spacial score (nSPS) is 17.1. The molecule has 1 heterocycles. The predicted octanol–water partition coefficient (Wildman–Crippen LogP) is 1.51. The summed E-state index contributed by atoms with van der Waals surface area (Å²) in [7, 11) is -3.69. The lowest BCUT2D eigenvalue weighted by Gasteiger charge is -2.30. The van der Waals surface area contributed by atoms with Crippen molar-refractivity contribution in [1.29, 1.82) is 0 Å². The molecule has 2 rings (SSSR count). The van der Waals surface area contributed by atoms with Crippen LogP contribution in [0.5, 0.6) is 0 Å². The molecular formula is C19H33N5O2S. The number of hydrogen-bond acceptors (Lipinski definition) is 4. The van der Waals surface area contributed by atoms with Gasteiger partial charge in [0, 0.05) is 13.1 Å². The van der Waals surface area contributed by atoms with Crippen LogP contribution >= 0.6 is 0 Å². The maximum absolute atomic E-state index is 11.5. The summed E-state index contributed by atoms with van der Waals surface area (Å²) in [5.41, 5.74) is 0.807. The van der Waals surface area contributed by atoms with Gasteiger partial charge in [0.1, 0.15) is 0 Å². The zero-order chi connectivity index (χ0) is 19.7. The van der Waals surface area contributed by atoms with Crippen LogP contribution in [0.2, 0.25) is 0 Å². The van der Waals surface area contributed by atoms with Crippen LogP contribution in [-0.4, -0.2) is 52.0 Å². The van der Waals surface area contributed by atoms with Crippen LogP contribution in [0.4, 0.5) is 0 Å². The Morgan fingerprint density at radius 2 is 2.04 bits per heavy atom. The Bertz CT molecular complexity index is 713. The van der Waals surface area contributed by atoms with E-state index in [0.29, 0.717) is 6.54 Å². The van der Waals surface area contributed by atoms with Gasteiger partial charge in [-0.05, 0) is 69.4 Å². The molecule has 152 valence electrons. The van der Waals surface area contributed by atoms with E-state index in [1.54, 1.807) is 12.1 Å². The maximum Gasteiger partial charge on any atom is 0.238 e. The molecule has 0 amide bonds. The van der Waals surface area contributed by atoms with Crippen LogP contribution in [0.3, 0.4) is 0 Å². The van der Waals surface area contributed by atoms with Crippen LogP contribution < -0.4 is 15.8 Å². The second kappa shape index (κ2) is 10.6. The standard InChI is InChI=1S/C19H33N5O2S/c1-3-21-19(22-10-5-11-24-12-8-16(2)9-13-24)23-15-17-6-4-7-18(14-17)27(20,25)26/h4,6-7,14,16H,3,5,8-13,15H2,1-2H3,(H2,20,25,26)(H2,21,22,23). The van der Waals surface area contributed by atoms with Crippen molar-refractivity contribution >= 4 is 16.0 Å². The Morgan fingerprint density at radius 1 is 1.30 bits per heavy atom. The molecule has 1 saturated heterocycles. The molecule has 0 atom stereocenters. The van der Waals surface area contributed by atoms with Gasteiger partial charge in [-0.15, -0.1) is 0 Å². The van der Waals surface area contributed by atoms with E-state index in [0.717, 1.165) is 43.5 Å².